The third-order valence-electron chi connectivity index (χ3n) is 4.52. The van der Waals surface area contributed by atoms with E-state index in [1.807, 2.05) is 31.3 Å². The monoisotopic (exact) mass is 463 g/mol. The van der Waals surface area contributed by atoms with Crippen molar-refractivity contribution in [1.82, 2.24) is 9.21 Å². The highest BCUT2D eigenvalue weighted by Gasteiger charge is 2.27. The number of carbonyl (C=O) groups excluding carboxylic acids is 1. The van der Waals surface area contributed by atoms with E-state index in [-0.39, 0.29) is 10.8 Å². The zero-order chi connectivity index (χ0) is 20.1. The molecule has 0 saturated carbocycles. The van der Waals surface area contributed by atoms with E-state index in [2.05, 4.69) is 26.1 Å². The quantitative estimate of drug-likeness (QED) is 0.691. The molecule has 0 unspecified atom stereocenters. The van der Waals surface area contributed by atoms with Crippen molar-refractivity contribution in [2.24, 2.45) is 0 Å². The van der Waals surface area contributed by atoms with Crippen LogP contribution < -0.4 is 5.32 Å². The van der Waals surface area contributed by atoms with Crippen LogP contribution in [0.3, 0.4) is 0 Å². The van der Waals surface area contributed by atoms with Gasteiger partial charge in [-0.3, -0.25) is 4.79 Å². The van der Waals surface area contributed by atoms with Gasteiger partial charge >= 0.3 is 0 Å². The van der Waals surface area contributed by atoms with Gasteiger partial charge in [-0.25, -0.2) is 8.42 Å². The second-order valence-electron chi connectivity index (χ2n) is 6.58. The summed E-state index contributed by atoms with van der Waals surface area (Å²) in [6.07, 6.45) is 3.12. The number of halogens is 1. The molecule has 1 fully saturated rings. The Morgan fingerprint density at radius 3 is 2.50 bits per heavy atom. The van der Waals surface area contributed by atoms with E-state index < -0.39 is 10.0 Å². The summed E-state index contributed by atoms with van der Waals surface area (Å²) in [5.74, 6) is -0.329. The number of likely N-dealkylation sites (N-methyl/N-ethyl adjacent to an activating group) is 1. The first-order chi connectivity index (χ1) is 13.4. The molecule has 0 spiro atoms. The predicted octanol–water partition coefficient (Wildman–Crippen LogP) is 3.04. The minimum atomic E-state index is -3.57. The summed E-state index contributed by atoms with van der Waals surface area (Å²) in [5.41, 5.74) is 1.32. The number of piperazine rings is 1. The zero-order valence-corrected chi connectivity index (χ0v) is 17.9. The number of benzene rings is 2. The Bertz CT molecular complexity index is 984. The predicted molar refractivity (Wildman–Crippen MR) is 115 cm³/mol. The van der Waals surface area contributed by atoms with Crippen LogP contribution in [0.4, 0.5) is 5.69 Å². The molecule has 2 aromatic carbocycles. The smallest absolute Gasteiger partial charge is 0.248 e. The number of sulfonamides is 1. The Morgan fingerprint density at radius 2 is 1.79 bits per heavy atom. The second kappa shape index (κ2) is 9.00. The van der Waals surface area contributed by atoms with E-state index in [1.54, 1.807) is 24.3 Å². The van der Waals surface area contributed by atoms with Crippen molar-refractivity contribution in [3.63, 3.8) is 0 Å². The van der Waals surface area contributed by atoms with E-state index in [4.69, 9.17) is 0 Å². The Labute approximate surface area is 174 Å². The molecular formula is C20H22BrN3O3S. The molecule has 28 heavy (non-hydrogen) atoms. The molecule has 2 aromatic rings. The number of nitrogens with one attached hydrogen (secondary N) is 1. The second-order valence-corrected chi connectivity index (χ2v) is 9.37. The fourth-order valence-corrected chi connectivity index (χ4v) is 4.76. The Hall–Kier alpha value is -2.00. The van der Waals surface area contributed by atoms with Crippen LogP contribution in [-0.2, 0) is 14.8 Å². The molecule has 1 saturated heterocycles. The minimum absolute atomic E-state index is 0.185. The van der Waals surface area contributed by atoms with E-state index in [0.717, 1.165) is 10.0 Å². The summed E-state index contributed by atoms with van der Waals surface area (Å²) in [7, 11) is -1.60. The number of hydrogen-bond acceptors (Lipinski definition) is 4. The normalized spacial score (nSPS) is 16.4. The van der Waals surface area contributed by atoms with Gasteiger partial charge in [0.15, 0.2) is 0 Å². The third kappa shape index (κ3) is 5.08. The van der Waals surface area contributed by atoms with Gasteiger partial charge in [0.2, 0.25) is 15.9 Å². The highest BCUT2D eigenvalue weighted by molar-refractivity contribution is 9.10. The van der Waals surface area contributed by atoms with Crippen molar-refractivity contribution in [2.75, 3.05) is 38.5 Å². The lowest BCUT2D eigenvalue weighted by molar-refractivity contribution is -0.111. The molecule has 1 aliphatic heterocycles. The molecule has 0 aromatic heterocycles. The fraction of sp³-hybridized carbons (Fsp3) is 0.250. The Kier molecular flexibility index (Phi) is 6.66. The number of anilines is 1. The Balaban J connectivity index is 1.71. The maximum Gasteiger partial charge on any atom is 0.248 e. The summed E-state index contributed by atoms with van der Waals surface area (Å²) < 4.78 is 28.1. The van der Waals surface area contributed by atoms with Crippen molar-refractivity contribution in [2.45, 2.75) is 4.90 Å². The number of hydrogen-bond donors (Lipinski definition) is 1. The molecule has 6 nitrogen and oxygen atoms in total. The van der Waals surface area contributed by atoms with E-state index in [9.17, 15) is 13.2 Å². The maximum absolute atomic E-state index is 12.9. The molecule has 148 valence electrons. The zero-order valence-electron chi connectivity index (χ0n) is 15.5. The summed E-state index contributed by atoms with van der Waals surface area (Å²) in [6.45, 7) is 2.33. The number of rotatable bonds is 5. The van der Waals surface area contributed by atoms with Gasteiger partial charge < -0.3 is 10.2 Å². The summed E-state index contributed by atoms with van der Waals surface area (Å²) >= 11 is 3.43. The summed E-state index contributed by atoms with van der Waals surface area (Å²) in [4.78, 5) is 14.5. The van der Waals surface area contributed by atoms with Crippen LogP contribution in [0, 0.1) is 0 Å². The lowest BCUT2D eigenvalue weighted by atomic mass is 10.2. The van der Waals surface area contributed by atoms with Crippen LogP contribution in [0.15, 0.2) is 64.0 Å². The average Bonchev–Trinajstić information content (AvgIpc) is 2.68. The fourth-order valence-electron chi connectivity index (χ4n) is 2.87. The number of nitrogens with zero attached hydrogens (tertiary/aromatic N) is 2. The van der Waals surface area contributed by atoms with Crippen LogP contribution >= 0.6 is 15.9 Å². The number of amides is 1. The summed E-state index contributed by atoms with van der Waals surface area (Å²) in [6, 6.07) is 13.9. The average molecular weight is 464 g/mol. The molecule has 0 bridgehead atoms. The van der Waals surface area contributed by atoms with Gasteiger partial charge in [-0.1, -0.05) is 40.2 Å². The van der Waals surface area contributed by atoms with Crippen LogP contribution in [-0.4, -0.2) is 56.8 Å². The first-order valence-corrected chi connectivity index (χ1v) is 11.1. The molecule has 1 aliphatic rings. The first kappa shape index (κ1) is 20.7. The van der Waals surface area contributed by atoms with Crippen LogP contribution in [0.5, 0.6) is 0 Å². The van der Waals surface area contributed by atoms with Gasteiger partial charge in [0.1, 0.15) is 0 Å². The lowest BCUT2D eigenvalue weighted by Crippen LogP contribution is -2.47. The van der Waals surface area contributed by atoms with Crippen molar-refractivity contribution < 1.29 is 13.2 Å². The van der Waals surface area contributed by atoms with Crippen LogP contribution in [0.1, 0.15) is 5.56 Å². The van der Waals surface area contributed by atoms with Gasteiger partial charge in [-0.05, 0) is 43.0 Å². The molecule has 1 heterocycles. The van der Waals surface area contributed by atoms with Crippen molar-refractivity contribution in [1.29, 1.82) is 0 Å². The first-order valence-electron chi connectivity index (χ1n) is 8.88. The molecule has 0 atom stereocenters. The minimum Gasteiger partial charge on any atom is -0.322 e. The lowest BCUT2D eigenvalue weighted by Gasteiger charge is -2.31. The molecule has 0 radical (unpaired) electrons. The molecule has 8 heteroatoms. The highest BCUT2D eigenvalue weighted by Crippen LogP contribution is 2.21. The van der Waals surface area contributed by atoms with E-state index in [0.29, 0.717) is 31.9 Å². The van der Waals surface area contributed by atoms with E-state index in [1.165, 1.54) is 16.4 Å². The van der Waals surface area contributed by atoms with Gasteiger partial charge in [0.05, 0.1) is 4.90 Å². The molecule has 0 aliphatic carbocycles. The van der Waals surface area contributed by atoms with Crippen molar-refractivity contribution in [3.05, 3.63) is 64.6 Å². The largest absolute Gasteiger partial charge is 0.322 e. The number of carbonyl (C=O) groups is 1. The molecule has 1 N–H and O–H groups in total. The van der Waals surface area contributed by atoms with Gasteiger partial charge in [-0.2, -0.15) is 4.31 Å². The van der Waals surface area contributed by atoms with Crippen LogP contribution in [0.25, 0.3) is 6.08 Å². The van der Waals surface area contributed by atoms with Gasteiger partial charge in [-0.15, -0.1) is 0 Å². The molecule has 1 amide bonds. The molecular weight excluding hydrogens is 442 g/mol. The Morgan fingerprint density at radius 1 is 1.07 bits per heavy atom. The van der Waals surface area contributed by atoms with Crippen molar-refractivity contribution in [3.8, 4) is 0 Å². The van der Waals surface area contributed by atoms with E-state index >= 15 is 0 Å². The molecule has 3 rings (SSSR count). The van der Waals surface area contributed by atoms with Gasteiger partial charge in [0, 0.05) is 42.4 Å². The maximum atomic E-state index is 12.9. The highest BCUT2D eigenvalue weighted by atomic mass is 79.9. The topological polar surface area (TPSA) is 69.7 Å². The standard InChI is InChI=1S/C20H22BrN3O3S/c1-23-11-13-24(14-12-23)28(26,27)18-7-4-6-17(15-18)22-20(25)10-9-16-5-2-3-8-19(16)21/h2-10,15H,11-14H2,1H3,(H,22,25). The van der Waals surface area contributed by atoms with Gasteiger partial charge in [0.25, 0.3) is 0 Å². The summed E-state index contributed by atoms with van der Waals surface area (Å²) in [5, 5.41) is 2.72. The van der Waals surface area contributed by atoms with Crippen LogP contribution in [0.2, 0.25) is 0 Å². The van der Waals surface area contributed by atoms with Crippen molar-refractivity contribution >= 4 is 43.6 Å². The third-order valence-corrected chi connectivity index (χ3v) is 7.14. The SMILES string of the molecule is CN1CCN(S(=O)(=O)c2cccc(NC(=O)C=Cc3ccccc3Br)c2)CC1.